The van der Waals surface area contributed by atoms with E-state index < -0.39 is 23.5 Å². The lowest BCUT2D eigenvalue weighted by Crippen LogP contribution is -2.30. The summed E-state index contributed by atoms with van der Waals surface area (Å²) in [7, 11) is 1.41. The van der Waals surface area contributed by atoms with E-state index in [2.05, 4.69) is 9.97 Å². The van der Waals surface area contributed by atoms with E-state index in [9.17, 15) is 14.7 Å². The molecular weight excluding hydrogens is 529 g/mol. The van der Waals surface area contributed by atoms with E-state index in [-0.39, 0.29) is 39.0 Å². The van der Waals surface area contributed by atoms with E-state index in [4.69, 9.17) is 32.7 Å². The number of rotatable bonds is 6. The van der Waals surface area contributed by atoms with Gasteiger partial charge in [-0.15, -0.1) is 0 Å². The Morgan fingerprint density at radius 3 is 2.32 bits per heavy atom. The molecule has 2 heterocycles. The molecule has 194 valence electrons. The zero-order chi connectivity index (χ0) is 27.1. The summed E-state index contributed by atoms with van der Waals surface area (Å²) in [6, 6.07) is 16.1. The van der Waals surface area contributed by atoms with Gasteiger partial charge in [-0.05, 0) is 55.8 Å². The van der Waals surface area contributed by atoms with Gasteiger partial charge in [0.1, 0.15) is 11.5 Å². The molecular formula is C28H23Cl2N3O5. The number of aromatic nitrogens is 2. The highest BCUT2D eigenvalue weighted by molar-refractivity contribution is 6.51. The van der Waals surface area contributed by atoms with Crippen LogP contribution in [0.15, 0.2) is 66.2 Å². The Hall–Kier alpha value is -4.01. The van der Waals surface area contributed by atoms with Crippen LogP contribution in [0.25, 0.3) is 16.8 Å². The number of amides is 1. The van der Waals surface area contributed by atoms with Gasteiger partial charge < -0.3 is 19.6 Å². The molecule has 10 heteroatoms. The van der Waals surface area contributed by atoms with Gasteiger partial charge in [0.05, 0.1) is 45.9 Å². The Morgan fingerprint density at radius 1 is 1.05 bits per heavy atom. The molecule has 1 saturated heterocycles. The van der Waals surface area contributed by atoms with Crippen LogP contribution in [-0.2, 0) is 9.59 Å². The van der Waals surface area contributed by atoms with Gasteiger partial charge in [-0.2, -0.15) is 0 Å². The number of carbonyl (C=O) groups is 2. The standard InChI is InChI=1S/C28H23Cl2N3O5/c1-14(2)38-17-10-8-15(9-11-17)23-22(24(34)16-12-18(29)26(37-3)19(30)13-16)25(35)27(36)33(23)28-31-20-6-4-5-7-21(20)32-28/h4-14,23,34H,1-3H3,(H,31,32)/b24-22+. The largest absolute Gasteiger partial charge is 0.507 e. The molecule has 4 aromatic rings. The van der Waals surface area contributed by atoms with Crippen LogP contribution in [0.3, 0.4) is 0 Å². The lowest BCUT2D eigenvalue weighted by molar-refractivity contribution is -0.132. The molecule has 0 bridgehead atoms. The molecule has 5 rings (SSSR count). The average molecular weight is 552 g/mol. The number of aromatic amines is 1. The van der Waals surface area contributed by atoms with Crippen LogP contribution in [0, 0.1) is 0 Å². The van der Waals surface area contributed by atoms with Gasteiger partial charge in [-0.25, -0.2) is 4.98 Å². The molecule has 1 atom stereocenters. The molecule has 0 aliphatic carbocycles. The number of imidazole rings is 1. The molecule has 38 heavy (non-hydrogen) atoms. The van der Waals surface area contributed by atoms with Crippen LogP contribution in [-0.4, -0.2) is 40.0 Å². The van der Waals surface area contributed by atoms with Gasteiger partial charge in [0.25, 0.3) is 5.78 Å². The second-order valence-electron chi connectivity index (χ2n) is 8.96. The van der Waals surface area contributed by atoms with Crippen LogP contribution in [0.4, 0.5) is 5.95 Å². The van der Waals surface area contributed by atoms with Crippen LogP contribution >= 0.6 is 23.2 Å². The maximum atomic E-state index is 13.4. The van der Waals surface area contributed by atoms with Crippen LogP contribution in [0.1, 0.15) is 31.0 Å². The Bertz CT molecular complexity index is 1540. The lowest BCUT2D eigenvalue weighted by atomic mass is 9.95. The molecule has 0 spiro atoms. The summed E-state index contributed by atoms with van der Waals surface area (Å²) >= 11 is 12.6. The molecule has 3 aromatic carbocycles. The fraction of sp³-hybridized carbons (Fsp3) is 0.179. The van der Waals surface area contributed by atoms with Crippen LogP contribution in [0.5, 0.6) is 11.5 Å². The van der Waals surface area contributed by atoms with Gasteiger partial charge in [-0.1, -0.05) is 47.5 Å². The summed E-state index contributed by atoms with van der Waals surface area (Å²) in [5, 5.41) is 11.7. The SMILES string of the molecule is COc1c(Cl)cc(/C(O)=C2\C(=O)C(=O)N(c3nc4ccccc4[nH]3)C2c2ccc(OC(C)C)cc2)cc1Cl. The van der Waals surface area contributed by atoms with Gasteiger partial charge in [0, 0.05) is 5.56 Å². The Balaban J connectivity index is 1.70. The number of ether oxygens (including phenoxy) is 2. The zero-order valence-electron chi connectivity index (χ0n) is 20.7. The molecule has 1 fully saturated rings. The van der Waals surface area contributed by atoms with Crippen molar-refractivity contribution < 1.29 is 24.2 Å². The number of nitrogens with zero attached hydrogens (tertiary/aromatic N) is 2. The van der Waals surface area contributed by atoms with Gasteiger partial charge >= 0.3 is 5.91 Å². The maximum Gasteiger partial charge on any atom is 0.302 e. The topological polar surface area (TPSA) is 105 Å². The minimum atomic E-state index is -0.997. The first-order chi connectivity index (χ1) is 18.2. The summed E-state index contributed by atoms with van der Waals surface area (Å²) in [6.07, 6.45) is -0.0356. The summed E-state index contributed by atoms with van der Waals surface area (Å²) < 4.78 is 10.9. The zero-order valence-corrected chi connectivity index (χ0v) is 22.2. The average Bonchev–Trinajstić information content (AvgIpc) is 3.42. The third kappa shape index (κ3) is 4.46. The predicted molar refractivity (Wildman–Crippen MR) is 146 cm³/mol. The van der Waals surface area contributed by atoms with Crippen molar-refractivity contribution in [1.29, 1.82) is 0 Å². The first-order valence-electron chi connectivity index (χ1n) is 11.8. The van der Waals surface area contributed by atoms with Crippen molar-refractivity contribution in [2.45, 2.75) is 26.0 Å². The number of para-hydroxylation sites is 2. The number of fused-ring (bicyclic) bond motifs is 1. The van der Waals surface area contributed by atoms with E-state index in [1.54, 1.807) is 30.3 Å². The highest BCUT2D eigenvalue weighted by atomic mass is 35.5. The van der Waals surface area contributed by atoms with Crippen LogP contribution < -0.4 is 14.4 Å². The number of ketones is 1. The Morgan fingerprint density at radius 2 is 1.71 bits per heavy atom. The van der Waals surface area contributed by atoms with Crippen LogP contribution in [0.2, 0.25) is 10.0 Å². The van der Waals surface area contributed by atoms with Crippen molar-refractivity contribution in [3.05, 3.63) is 87.4 Å². The fourth-order valence-electron chi connectivity index (χ4n) is 4.47. The number of anilines is 1. The number of nitrogens with one attached hydrogen (secondary N) is 1. The number of hydrogen-bond acceptors (Lipinski definition) is 6. The summed E-state index contributed by atoms with van der Waals surface area (Å²) in [4.78, 5) is 35.8. The minimum absolute atomic E-state index is 0.0356. The number of hydrogen-bond donors (Lipinski definition) is 2. The van der Waals surface area contributed by atoms with Crippen molar-refractivity contribution in [2.24, 2.45) is 0 Å². The summed E-state index contributed by atoms with van der Waals surface area (Å²) in [6.45, 7) is 3.82. The molecule has 0 saturated carbocycles. The fourth-order valence-corrected chi connectivity index (χ4v) is 5.11. The van der Waals surface area contributed by atoms with E-state index >= 15 is 0 Å². The molecule has 1 aliphatic rings. The number of Topliss-reactive ketones (excluding diaryl/α,β-unsaturated/α-hetero) is 1. The lowest BCUT2D eigenvalue weighted by Gasteiger charge is -2.23. The molecule has 0 radical (unpaired) electrons. The van der Waals surface area contributed by atoms with E-state index in [0.717, 1.165) is 0 Å². The number of methoxy groups -OCH3 is 1. The van der Waals surface area contributed by atoms with Crippen molar-refractivity contribution >= 4 is 57.6 Å². The molecule has 1 unspecified atom stereocenters. The number of aliphatic hydroxyl groups is 1. The Kier molecular flexibility index (Phi) is 6.77. The predicted octanol–water partition coefficient (Wildman–Crippen LogP) is 6.29. The second kappa shape index (κ2) is 10.0. The number of benzene rings is 3. The summed E-state index contributed by atoms with van der Waals surface area (Å²) in [5.41, 5.74) is 1.90. The number of halogens is 2. The third-order valence-corrected chi connectivity index (χ3v) is 6.65. The van der Waals surface area contributed by atoms with Crippen molar-refractivity contribution in [3.63, 3.8) is 0 Å². The molecule has 1 aromatic heterocycles. The first kappa shape index (κ1) is 25.6. The maximum absolute atomic E-state index is 13.4. The first-order valence-corrected chi connectivity index (χ1v) is 12.5. The molecule has 1 amide bonds. The molecule has 2 N–H and O–H groups in total. The minimum Gasteiger partial charge on any atom is -0.507 e. The number of H-pyrrole nitrogens is 1. The highest BCUT2D eigenvalue weighted by Gasteiger charge is 2.48. The van der Waals surface area contributed by atoms with Gasteiger partial charge in [-0.3, -0.25) is 14.5 Å². The van der Waals surface area contributed by atoms with E-state index in [1.807, 2.05) is 32.0 Å². The Labute approximate surface area is 228 Å². The van der Waals surface area contributed by atoms with Crippen molar-refractivity contribution in [1.82, 2.24) is 9.97 Å². The number of carbonyl (C=O) groups excluding carboxylic acids is 2. The third-order valence-electron chi connectivity index (χ3n) is 6.09. The van der Waals surface area contributed by atoms with Gasteiger partial charge in [0.15, 0.2) is 5.75 Å². The van der Waals surface area contributed by atoms with Crippen molar-refractivity contribution in [2.75, 3.05) is 12.0 Å². The van der Waals surface area contributed by atoms with E-state index in [1.165, 1.54) is 24.1 Å². The number of aliphatic hydroxyl groups excluding tert-OH is 1. The highest BCUT2D eigenvalue weighted by Crippen LogP contribution is 2.43. The van der Waals surface area contributed by atoms with Crippen molar-refractivity contribution in [3.8, 4) is 11.5 Å². The van der Waals surface area contributed by atoms with E-state index in [0.29, 0.717) is 22.3 Å². The quantitative estimate of drug-likeness (QED) is 0.166. The second-order valence-corrected chi connectivity index (χ2v) is 9.77. The smallest absolute Gasteiger partial charge is 0.302 e. The van der Waals surface area contributed by atoms with Gasteiger partial charge in [0.2, 0.25) is 5.95 Å². The molecule has 1 aliphatic heterocycles. The summed E-state index contributed by atoms with van der Waals surface area (Å²) in [5.74, 6) is -1.13. The normalized spacial score (nSPS) is 17.0. The monoisotopic (exact) mass is 551 g/mol. The molecule has 8 nitrogen and oxygen atoms in total.